The maximum Gasteiger partial charge on any atom is 0.263 e. The van der Waals surface area contributed by atoms with E-state index in [9.17, 15) is 9.59 Å². The van der Waals surface area contributed by atoms with Crippen LogP contribution in [0.15, 0.2) is 40.3 Å². The Balaban J connectivity index is 2.02. The Hall–Kier alpha value is -2.12. The Kier molecular flexibility index (Phi) is 6.57. The molecular weight excluding hydrogens is 390 g/mol. The van der Waals surface area contributed by atoms with Gasteiger partial charge in [0.05, 0.1) is 17.7 Å². The molecule has 1 aromatic carbocycles. The summed E-state index contributed by atoms with van der Waals surface area (Å²) in [6.45, 7) is 9.74. The molecule has 0 unspecified atom stereocenters. The normalized spacial score (nSPS) is 11.1. The number of nitrogens with zero attached hydrogens (tertiary/aromatic N) is 3. The predicted molar refractivity (Wildman–Crippen MR) is 118 cm³/mol. The number of aromatic nitrogens is 2. The molecule has 0 saturated heterocycles. The van der Waals surface area contributed by atoms with Crippen molar-refractivity contribution in [3.63, 3.8) is 0 Å². The number of fused-ring (bicyclic) bond motifs is 1. The molecule has 28 heavy (non-hydrogen) atoms. The minimum Gasteiger partial charge on any atom is -0.343 e. The van der Waals surface area contributed by atoms with E-state index in [1.54, 1.807) is 9.47 Å². The molecule has 0 bridgehead atoms. The number of thioether (sulfide) groups is 1. The summed E-state index contributed by atoms with van der Waals surface area (Å²) in [5, 5.41) is 1.29. The largest absolute Gasteiger partial charge is 0.343 e. The molecule has 0 atom stereocenters. The van der Waals surface area contributed by atoms with Gasteiger partial charge in [-0.25, -0.2) is 4.98 Å². The van der Waals surface area contributed by atoms with Crippen molar-refractivity contribution in [2.75, 3.05) is 18.8 Å². The van der Waals surface area contributed by atoms with E-state index in [0.29, 0.717) is 30.2 Å². The number of hydrogen-bond acceptors (Lipinski definition) is 5. The van der Waals surface area contributed by atoms with Crippen LogP contribution in [0.1, 0.15) is 29.9 Å². The van der Waals surface area contributed by atoms with E-state index in [0.717, 1.165) is 20.8 Å². The number of carbonyl (C=O) groups excluding carboxylic acids is 1. The van der Waals surface area contributed by atoms with Gasteiger partial charge in [-0.2, -0.15) is 0 Å². The van der Waals surface area contributed by atoms with E-state index in [2.05, 4.69) is 0 Å². The lowest BCUT2D eigenvalue weighted by Gasteiger charge is -2.18. The first-order valence-corrected chi connectivity index (χ1v) is 11.2. The Bertz CT molecular complexity index is 1040. The summed E-state index contributed by atoms with van der Waals surface area (Å²) in [6, 6.07) is 9.88. The van der Waals surface area contributed by atoms with Crippen LogP contribution in [0.25, 0.3) is 10.2 Å². The maximum absolute atomic E-state index is 13.3. The van der Waals surface area contributed by atoms with Crippen LogP contribution in [-0.2, 0) is 11.3 Å². The van der Waals surface area contributed by atoms with Crippen molar-refractivity contribution in [3.05, 3.63) is 56.7 Å². The lowest BCUT2D eigenvalue weighted by molar-refractivity contribution is -0.127. The standard InChI is InChI=1S/C21H25N3O2S2/c1-5-23(6-2)17(25)13-27-21-22-19-18(14(3)15(4)28-19)20(26)24(21)12-16-10-8-7-9-11-16/h7-11H,5-6,12-13H2,1-4H3. The first-order valence-electron chi connectivity index (χ1n) is 9.41. The number of hydrogen-bond donors (Lipinski definition) is 0. The summed E-state index contributed by atoms with van der Waals surface area (Å²) in [6.07, 6.45) is 0. The molecular formula is C21H25N3O2S2. The molecule has 3 aromatic rings. The fraction of sp³-hybridized carbons (Fsp3) is 0.381. The molecule has 2 aromatic heterocycles. The van der Waals surface area contributed by atoms with Crippen LogP contribution >= 0.6 is 23.1 Å². The molecule has 1 amide bonds. The van der Waals surface area contributed by atoms with Crippen molar-refractivity contribution in [2.45, 2.75) is 39.4 Å². The SMILES string of the molecule is CCN(CC)C(=O)CSc1nc2sc(C)c(C)c2c(=O)n1Cc1ccccc1. The van der Waals surface area contributed by atoms with Crippen molar-refractivity contribution in [3.8, 4) is 0 Å². The fourth-order valence-corrected chi connectivity index (χ4v) is 5.09. The van der Waals surface area contributed by atoms with Crippen LogP contribution in [0, 0.1) is 13.8 Å². The van der Waals surface area contributed by atoms with Crippen molar-refractivity contribution >= 4 is 39.2 Å². The summed E-state index contributed by atoms with van der Waals surface area (Å²) in [5.74, 6) is 0.340. The predicted octanol–water partition coefficient (Wildman–Crippen LogP) is 4.08. The average Bonchev–Trinajstić information content (AvgIpc) is 2.98. The van der Waals surface area contributed by atoms with Crippen molar-refractivity contribution in [2.24, 2.45) is 0 Å². The maximum atomic E-state index is 13.3. The van der Waals surface area contributed by atoms with E-state index < -0.39 is 0 Å². The topological polar surface area (TPSA) is 55.2 Å². The lowest BCUT2D eigenvalue weighted by Crippen LogP contribution is -2.32. The van der Waals surface area contributed by atoms with Gasteiger partial charge in [-0.3, -0.25) is 14.2 Å². The number of thiophene rings is 1. The zero-order valence-corrected chi connectivity index (χ0v) is 18.3. The monoisotopic (exact) mass is 415 g/mol. The molecule has 5 nitrogen and oxygen atoms in total. The van der Waals surface area contributed by atoms with E-state index in [1.165, 1.54) is 23.1 Å². The van der Waals surface area contributed by atoms with Gasteiger partial charge in [0.1, 0.15) is 4.83 Å². The molecule has 0 aliphatic carbocycles. The second kappa shape index (κ2) is 8.92. The zero-order valence-electron chi connectivity index (χ0n) is 16.7. The third kappa shape index (κ3) is 4.15. The molecule has 0 N–H and O–H groups in total. The fourth-order valence-electron chi connectivity index (χ4n) is 3.12. The summed E-state index contributed by atoms with van der Waals surface area (Å²) in [7, 11) is 0. The molecule has 0 radical (unpaired) electrons. The van der Waals surface area contributed by atoms with Crippen molar-refractivity contribution in [1.29, 1.82) is 0 Å². The molecule has 0 aliphatic rings. The lowest BCUT2D eigenvalue weighted by atomic mass is 10.2. The molecule has 0 spiro atoms. The van der Waals surface area contributed by atoms with E-state index >= 15 is 0 Å². The Morgan fingerprint density at radius 2 is 1.86 bits per heavy atom. The molecule has 7 heteroatoms. The van der Waals surface area contributed by atoms with E-state index in [-0.39, 0.29) is 17.2 Å². The zero-order chi connectivity index (χ0) is 20.3. The molecule has 3 rings (SSSR count). The van der Waals surface area contributed by atoms with Crippen molar-refractivity contribution < 1.29 is 4.79 Å². The molecule has 0 fully saturated rings. The molecule has 2 heterocycles. The number of aryl methyl sites for hydroxylation is 2. The summed E-state index contributed by atoms with van der Waals surface area (Å²) < 4.78 is 1.71. The van der Waals surface area contributed by atoms with Crippen LogP contribution in [0.3, 0.4) is 0 Å². The molecule has 0 aliphatic heterocycles. The number of amides is 1. The average molecular weight is 416 g/mol. The highest BCUT2D eigenvalue weighted by atomic mass is 32.2. The minimum atomic E-state index is -0.0338. The smallest absolute Gasteiger partial charge is 0.263 e. The third-order valence-corrected chi connectivity index (χ3v) is 6.94. The van der Waals surface area contributed by atoms with Crippen LogP contribution in [0.2, 0.25) is 0 Å². The summed E-state index contributed by atoms with van der Waals surface area (Å²) in [4.78, 5) is 34.2. The van der Waals surface area contributed by atoms with Gasteiger partial charge in [-0.15, -0.1) is 11.3 Å². The van der Waals surface area contributed by atoms with Crippen LogP contribution in [0.5, 0.6) is 0 Å². The van der Waals surface area contributed by atoms with Gasteiger partial charge in [-0.05, 0) is 38.8 Å². The molecule has 148 valence electrons. The van der Waals surface area contributed by atoms with E-state index in [4.69, 9.17) is 4.98 Å². The summed E-state index contributed by atoms with van der Waals surface area (Å²) >= 11 is 2.88. The highest BCUT2D eigenvalue weighted by Gasteiger charge is 2.19. The molecule has 0 saturated carbocycles. The second-order valence-corrected chi connectivity index (χ2v) is 8.74. The second-order valence-electron chi connectivity index (χ2n) is 6.59. The first-order chi connectivity index (χ1) is 13.5. The Labute approximate surface area is 173 Å². The Morgan fingerprint density at radius 3 is 2.50 bits per heavy atom. The van der Waals surface area contributed by atoms with Crippen LogP contribution in [0.4, 0.5) is 0 Å². The van der Waals surface area contributed by atoms with Gasteiger partial charge in [0.25, 0.3) is 5.56 Å². The number of carbonyl (C=O) groups is 1. The van der Waals surface area contributed by atoms with Crippen LogP contribution in [-0.4, -0.2) is 39.2 Å². The van der Waals surface area contributed by atoms with Gasteiger partial charge in [0, 0.05) is 18.0 Å². The highest BCUT2D eigenvalue weighted by molar-refractivity contribution is 7.99. The van der Waals surface area contributed by atoms with Gasteiger partial charge in [0.2, 0.25) is 5.91 Å². The van der Waals surface area contributed by atoms with E-state index in [1.807, 2.05) is 58.0 Å². The number of rotatable bonds is 7. The van der Waals surface area contributed by atoms with Gasteiger partial charge in [0.15, 0.2) is 5.16 Å². The van der Waals surface area contributed by atoms with Gasteiger partial charge >= 0.3 is 0 Å². The third-order valence-electron chi connectivity index (χ3n) is 4.88. The minimum absolute atomic E-state index is 0.0338. The highest BCUT2D eigenvalue weighted by Crippen LogP contribution is 2.28. The van der Waals surface area contributed by atoms with Gasteiger partial charge in [-0.1, -0.05) is 42.1 Å². The quantitative estimate of drug-likeness (QED) is 0.431. The van der Waals surface area contributed by atoms with Crippen LogP contribution < -0.4 is 5.56 Å². The Morgan fingerprint density at radius 1 is 1.18 bits per heavy atom. The number of benzene rings is 1. The summed E-state index contributed by atoms with van der Waals surface area (Å²) in [5.41, 5.74) is 2.00. The first kappa shape index (κ1) is 20.6. The van der Waals surface area contributed by atoms with Gasteiger partial charge < -0.3 is 4.90 Å². The van der Waals surface area contributed by atoms with Crippen molar-refractivity contribution in [1.82, 2.24) is 14.5 Å².